The molecule has 0 saturated heterocycles. The second-order valence-corrected chi connectivity index (χ2v) is 5.21. The maximum absolute atomic E-state index is 8.69. The summed E-state index contributed by atoms with van der Waals surface area (Å²) in [6.07, 6.45) is 2.52. The van der Waals surface area contributed by atoms with Gasteiger partial charge in [-0.05, 0) is 55.2 Å². The van der Waals surface area contributed by atoms with E-state index in [0.29, 0.717) is 6.04 Å². The molecule has 2 aliphatic carbocycles. The molecular formula is C15H20N2. The SMILES string of the molecule is CCC(C)N.N#Cc1cccc(C2C3CC32)c1. The minimum Gasteiger partial charge on any atom is -0.328 e. The first-order chi connectivity index (χ1) is 8.17. The molecule has 0 aliphatic heterocycles. The van der Waals surface area contributed by atoms with Gasteiger partial charge in [0.2, 0.25) is 0 Å². The van der Waals surface area contributed by atoms with E-state index in [4.69, 9.17) is 11.0 Å². The van der Waals surface area contributed by atoms with Gasteiger partial charge in [0.05, 0.1) is 11.6 Å². The van der Waals surface area contributed by atoms with Crippen molar-refractivity contribution in [2.75, 3.05) is 0 Å². The molecule has 0 heterocycles. The molecule has 17 heavy (non-hydrogen) atoms. The molecule has 3 rings (SSSR count). The number of nitriles is 1. The largest absolute Gasteiger partial charge is 0.328 e. The number of benzene rings is 1. The monoisotopic (exact) mass is 228 g/mol. The van der Waals surface area contributed by atoms with Crippen LogP contribution in [0.3, 0.4) is 0 Å². The molecule has 1 aromatic rings. The zero-order valence-electron chi connectivity index (χ0n) is 10.6. The van der Waals surface area contributed by atoms with Crippen LogP contribution in [-0.4, -0.2) is 6.04 Å². The number of rotatable bonds is 2. The van der Waals surface area contributed by atoms with Crippen LogP contribution >= 0.6 is 0 Å². The highest BCUT2D eigenvalue weighted by Crippen LogP contribution is 2.73. The van der Waals surface area contributed by atoms with Gasteiger partial charge in [-0.3, -0.25) is 0 Å². The Hall–Kier alpha value is -1.33. The standard InChI is InChI=1S/C11H9N.C4H11N/c12-6-7-2-1-3-8(4-7)11-9-5-10(9)11;1-3-4(2)5/h1-4,9-11H,5H2;4H,3,5H2,1-2H3. The Morgan fingerprint density at radius 3 is 2.53 bits per heavy atom. The minimum absolute atomic E-state index is 0.384. The van der Waals surface area contributed by atoms with E-state index in [0.717, 1.165) is 29.7 Å². The molecule has 2 heteroatoms. The van der Waals surface area contributed by atoms with E-state index >= 15 is 0 Å². The molecule has 0 amide bonds. The molecule has 2 fully saturated rings. The van der Waals surface area contributed by atoms with Crippen LogP contribution in [0.5, 0.6) is 0 Å². The van der Waals surface area contributed by atoms with Crippen LogP contribution in [0.1, 0.15) is 43.7 Å². The third-order valence-corrected chi connectivity index (χ3v) is 3.72. The van der Waals surface area contributed by atoms with E-state index in [1.54, 1.807) is 0 Å². The van der Waals surface area contributed by atoms with Gasteiger partial charge in [0.25, 0.3) is 0 Å². The summed E-state index contributed by atoms with van der Waals surface area (Å²) in [4.78, 5) is 0. The summed E-state index contributed by atoms with van der Waals surface area (Å²) in [6, 6.07) is 10.6. The van der Waals surface area contributed by atoms with Crippen molar-refractivity contribution in [3.8, 4) is 6.07 Å². The first-order valence-electron chi connectivity index (χ1n) is 6.43. The number of nitrogens with zero attached hydrogens (tertiary/aromatic N) is 1. The second-order valence-electron chi connectivity index (χ2n) is 5.21. The summed E-state index contributed by atoms with van der Waals surface area (Å²) in [5, 5.41) is 8.69. The highest BCUT2D eigenvalue weighted by Gasteiger charge is 2.64. The topological polar surface area (TPSA) is 49.8 Å². The Morgan fingerprint density at radius 1 is 1.47 bits per heavy atom. The van der Waals surface area contributed by atoms with Crippen LogP contribution in [-0.2, 0) is 0 Å². The maximum atomic E-state index is 8.69. The number of hydrogen-bond donors (Lipinski definition) is 1. The molecule has 1 aromatic carbocycles. The zero-order valence-corrected chi connectivity index (χ0v) is 10.6. The number of fused-ring (bicyclic) bond motifs is 1. The Kier molecular flexibility index (Phi) is 3.49. The van der Waals surface area contributed by atoms with E-state index in [-0.39, 0.29) is 0 Å². The van der Waals surface area contributed by atoms with Crippen LogP contribution in [0.4, 0.5) is 0 Å². The summed E-state index contributed by atoms with van der Waals surface area (Å²) in [7, 11) is 0. The maximum Gasteiger partial charge on any atom is 0.0991 e. The van der Waals surface area contributed by atoms with Gasteiger partial charge in [-0.15, -0.1) is 0 Å². The van der Waals surface area contributed by atoms with Crippen molar-refractivity contribution in [3.05, 3.63) is 35.4 Å². The Bertz CT molecular complexity index is 423. The van der Waals surface area contributed by atoms with Gasteiger partial charge in [-0.2, -0.15) is 5.26 Å². The summed E-state index contributed by atoms with van der Waals surface area (Å²) in [6.45, 7) is 4.07. The smallest absolute Gasteiger partial charge is 0.0991 e. The van der Waals surface area contributed by atoms with Crippen LogP contribution in [0.15, 0.2) is 24.3 Å². The fourth-order valence-corrected chi connectivity index (χ4v) is 2.09. The van der Waals surface area contributed by atoms with Gasteiger partial charge in [-0.25, -0.2) is 0 Å². The van der Waals surface area contributed by atoms with Gasteiger partial charge >= 0.3 is 0 Å². The third kappa shape index (κ3) is 2.87. The van der Waals surface area contributed by atoms with Crippen molar-refractivity contribution >= 4 is 0 Å². The van der Waals surface area contributed by atoms with E-state index < -0.39 is 0 Å². The van der Waals surface area contributed by atoms with E-state index in [9.17, 15) is 0 Å². The first kappa shape index (κ1) is 12.1. The van der Waals surface area contributed by atoms with Crippen molar-refractivity contribution in [2.45, 2.75) is 38.6 Å². The van der Waals surface area contributed by atoms with Crippen molar-refractivity contribution in [1.82, 2.24) is 0 Å². The molecular weight excluding hydrogens is 208 g/mol. The first-order valence-corrected chi connectivity index (χ1v) is 6.43. The average molecular weight is 228 g/mol. The van der Waals surface area contributed by atoms with Crippen molar-refractivity contribution < 1.29 is 0 Å². The lowest BCUT2D eigenvalue weighted by Gasteiger charge is -2.02. The van der Waals surface area contributed by atoms with Crippen LogP contribution in [0, 0.1) is 23.2 Å². The molecule has 2 aliphatic rings. The normalized spacial score (nSPS) is 29.2. The molecule has 2 nitrogen and oxygen atoms in total. The van der Waals surface area contributed by atoms with Gasteiger partial charge in [0.1, 0.15) is 0 Å². The van der Waals surface area contributed by atoms with Crippen molar-refractivity contribution in [1.29, 1.82) is 5.26 Å². The zero-order chi connectivity index (χ0) is 12.4. The van der Waals surface area contributed by atoms with Gasteiger partial charge in [0, 0.05) is 6.04 Å². The quantitative estimate of drug-likeness (QED) is 0.845. The van der Waals surface area contributed by atoms with Crippen molar-refractivity contribution in [3.63, 3.8) is 0 Å². The van der Waals surface area contributed by atoms with E-state index in [2.05, 4.69) is 19.1 Å². The average Bonchev–Trinajstić information content (AvgIpc) is 3.20. The lowest BCUT2D eigenvalue weighted by atomic mass is 10.0. The lowest BCUT2D eigenvalue weighted by molar-refractivity contribution is 0.715. The summed E-state index contributed by atoms with van der Waals surface area (Å²) in [5.74, 6) is 2.79. The highest BCUT2D eigenvalue weighted by atomic mass is 14.7. The summed E-state index contributed by atoms with van der Waals surface area (Å²) in [5.41, 5.74) is 7.48. The fraction of sp³-hybridized carbons (Fsp3) is 0.533. The third-order valence-electron chi connectivity index (χ3n) is 3.72. The molecule has 0 aromatic heterocycles. The number of nitrogens with two attached hydrogens (primary N) is 1. The lowest BCUT2D eigenvalue weighted by Crippen LogP contribution is -2.11. The Balaban J connectivity index is 0.000000188. The highest BCUT2D eigenvalue weighted by molar-refractivity contribution is 5.40. The minimum atomic E-state index is 0.384. The van der Waals surface area contributed by atoms with Crippen LogP contribution < -0.4 is 5.73 Å². The predicted molar refractivity (Wildman–Crippen MR) is 69.4 cm³/mol. The van der Waals surface area contributed by atoms with E-state index in [1.807, 2.05) is 25.1 Å². The van der Waals surface area contributed by atoms with Gasteiger partial charge < -0.3 is 5.73 Å². The second kappa shape index (κ2) is 4.89. The van der Waals surface area contributed by atoms with Crippen LogP contribution in [0.2, 0.25) is 0 Å². The predicted octanol–water partition coefficient (Wildman–Crippen LogP) is 3.04. The van der Waals surface area contributed by atoms with Gasteiger partial charge in [-0.1, -0.05) is 19.1 Å². The molecule has 3 unspecified atom stereocenters. The molecule has 0 radical (unpaired) electrons. The van der Waals surface area contributed by atoms with Gasteiger partial charge in [0.15, 0.2) is 0 Å². The van der Waals surface area contributed by atoms with Crippen molar-refractivity contribution in [2.24, 2.45) is 17.6 Å². The molecule has 90 valence electrons. The fourth-order valence-electron chi connectivity index (χ4n) is 2.09. The number of hydrogen-bond acceptors (Lipinski definition) is 2. The summed E-state index contributed by atoms with van der Waals surface area (Å²) < 4.78 is 0. The molecule has 2 saturated carbocycles. The molecule has 0 bridgehead atoms. The Morgan fingerprint density at radius 2 is 2.12 bits per heavy atom. The molecule has 0 spiro atoms. The van der Waals surface area contributed by atoms with E-state index in [1.165, 1.54) is 12.0 Å². The molecule has 2 N–H and O–H groups in total. The summed E-state index contributed by atoms with van der Waals surface area (Å²) >= 11 is 0. The Labute approximate surface area is 103 Å². The van der Waals surface area contributed by atoms with Crippen LogP contribution in [0.25, 0.3) is 0 Å². The molecule has 3 atom stereocenters.